The number of halogens is 1. The van der Waals surface area contributed by atoms with E-state index in [1.165, 1.54) is 0 Å². The van der Waals surface area contributed by atoms with Gasteiger partial charge in [0, 0.05) is 5.54 Å². The van der Waals surface area contributed by atoms with Crippen molar-refractivity contribution < 1.29 is 4.39 Å². The Labute approximate surface area is 129 Å². The average Bonchev–Trinajstić information content (AvgIpc) is 2.46. The zero-order valence-electron chi connectivity index (χ0n) is 14.5. The molecule has 1 aromatic carbocycles. The molecule has 1 atom stereocenters. The van der Waals surface area contributed by atoms with Gasteiger partial charge in [0.15, 0.2) is 0 Å². The van der Waals surface area contributed by atoms with E-state index >= 15 is 0 Å². The molecule has 1 rings (SSSR count). The van der Waals surface area contributed by atoms with Crippen molar-refractivity contribution in [2.75, 3.05) is 20.6 Å². The van der Waals surface area contributed by atoms with Crippen molar-refractivity contribution in [2.24, 2.45) is 0 Å². The van der Waals surface area contributed by atoms with Crippen molar-refractivity contribution in [3.05, 3.63) is 35.1 Å². The number of rotatable bonds is 8. The fourth-order valence-corrected chi connectivity index (χ4v) is 3.35. The van der Waals surface area contributed by atoms with Crippen LogP contribution in [0.4, 0.5) is 4.39 Å². The summed E-state index contributed by atoms with van der Waals surface area (Å²) in [7, 11) is 4.25. The Morgan fingerprint density at radius 3 is 2.29 bits per heavy atom. The number of likely N-dealkylation sites (N-methyl/N-ethyl adjacent to an activating group) is 1. The number of hydrogen-bond donors (Lipinski definition) is 1. The van der Waals surface area contributed by atoms with E-state index in [9.17, 15) is 4.39 Å². The van der Waals surface area contributed by atoms with Gasteiger partial charge < -0.3 is 10.2 Å². The maximum atomic E-state index is 13.8. The second-order valence-electron chi connectivity index (χ2n) is 6.09. The fourth-order valence-electron chi connectivity index (χ4n) is 3.35. The van der Waals surface area contributed by atoms with Crippen LogP contribution >= 0.6 is 0 Å². The lowest BCUT2D eigenvalue weighted by Gasteiger charge is -2.46. The lowest BCUT2D eigenvalue weighted by Crippen LogP contribution is -2.53. The first-order chi connectivity index (χ1) is 9.92. The highest BCUT2D eigenvalue weighted by atomic mass is 19.1. The molecule has 2 nitrogen and oxygen atoms in total. The van der Waals surface area contributed by atoms with Gasteiger partial charge in [0.2, 0.25) is 0 Å². The van der Waals surface area contributed by atoms with E-state index in [0.29, 0.717) is 0 Å². The van der Waals surface area contributed by atoms with Crippen LogP contribution in [0.25, 0.3) is 0 Å². The van der Waals surface area contributed by atoms with Crippen molar-refractivity contribution in [1.82, 2.24) is 10.2 Å². The van der Waals surface area contributed by atoms with Crippen LogP contribution in [0.2, 0.25) is 0 Å². The van der Waals surface area contributed by atoms with Crippen LogP contribution in [0.3, 0.4) is 0 Å². The standard InChI is InChI=1S/C18H31FN2/c1-7-12-20-17(18(8-2,9-3)21(5)6)16-13-15(19)11-10-14(16)4/h10-11,13,17,20H,7-9,12H2,1-6H3. The Balaban J connectivity index is 3.35. The summed E-state index contributed by atoms with van der Waals surface area (Å²) in [5.74, 6) is -0.154. The highest BCUT2D eigenvalue weighted by molar-refractivity contribution is 5.32. The highest BCUT2D eigenvalue weighted by Gasteiger charge is 2.39. The predicted octanol–water partition coefficient (Wildman–Crippen LogP) is 4.30. The minimum atomic E-state index is -0.154. The van der Waals surface area contributed by atoms with Crippen molar-refractivity contribution in [1.29, 1.82) is 0 Å². The Morgan fingerprint density at radius 2 is 1.81 bits per heavy atom. The Hall–Kier alpha value is -0.930. The van der Waals surface area contributed by atoms with Gasteiger partial charge in [0.25, 0.3) is 0 Å². The summed E-state index contributed by atoms with van der Waals surface area (Å²) in [5.41, 5.74) is 2.23. The Morgan fingerprint density at radius 1 is 1.19 bits per heavy atom. The molecule has 1 N–H and O–H groups in total. The minimum absolute atomic E-state index is 0.00623. The summed E-state index contributed by atoms with van der Waals surface area (Å²) in [6, 6.07) is 5.27. The fraction of sp³-hybridized carbons (Fsp3) is 0.667. The Bertz CT molecular complexity index is 439. The third-order valence-corrected chi connectivity index (χ3v) is 4.80. The molecule has 0 saturated heterocycles. The van der Waals surface area contributed by atoms with E-state index in [1.807, 2.05) is 6.07 Å². The molecule has 0 fully saturated rings. The van der Waals surface area contributed by atoms with E-state index in [1.54, 1.807) is 12.1 Å². The molecule has 0 radical (unpaired) electrons. The molecule has 0 saturated carbocycles. The maximum Gasteiger partial charge on any atom is 0.123 e. The van der Waals surface area contributed by atoms with Crippen LogP contribution < -0.4 is 5.32 Å². The van der Waals surface area contributed by atoms with Gasteiger partial charge in [-0.2, -0.15) is 0 Å². The van der Waals surface area contributed by atoms with Gasteiger partial charge in [-0.05, 0) is 70.1 Å². The van der Waals surface area contributed by atoms with Gasteiger partial charge in [-0.15, -0.1) is 0 Å². The Kier molecular flexibility index (Phi) is 6.82. The van der Waals surface area contributed by atoms with E-state index < -0.39 is 0 Å². The monoisotopic (exact) mass is 294 g/mol. The van der Waals surface area contributed by atoms with E-state index in [-0.39, 0.29) is 17.4 Å². The highest BCUT2D eigenvalue weighted by Crippen LogP contribution is 2.37. The first kappa shape index (κ1) is 18.1. The molecule has 120 valence electrons. The van der Waals surface area contributed by atoms with E-state index in [0.717, 1.165) is 36.9 Å². The van der Waals surface area contributed by atoms with Crippen LogP contribution in [0.15, 0.2) is 18.2 Å². The van der Waals surface area contributed by atoms with Gasteiger partial charge in [0.05, 0.1) is 6.04 Å². The third kappa shape index (κ3) is 3.83. The molecule has 0 bridgehead atoms. The molecule has 0 heterocycles. The van der Waals surface area contributed by atoms with Gasteiger partial charge in [-0.25, -0.2) is 4.39 Å². The van der Waals surface area contributed by atoms with Crippen LogP contribution in [-0.2, 0) is 0 Å². The number of benzene rings is 1. The van der Waals surface area contributed by atoms with E-state index in [4.69, 9.17) is 0 Å². The van der Waals surface area contributed by atoms with Crippen LogP contribution in [0.1, 0.15) is 57.2 Å². The summed E-state index contributed by atoms with van der Waals surface area (Å²) < 4.78 is 13.8. The van der Waals surface area contributed by atoms with Crippen LogP contribution in [0.5, 0.6) is 0 Å². The first-order valence-electron chi connectivity index (χ1n) is 8.09. The quantitative estimate of drug-likeness (QED) is 0.769. The second-order valence-corrected chi connectivity index (χ2v) is 6.09. The van der Waals surface area contributed by atoms with E-state index in [2.05, 4.69) is 52.0 Å². The molecule has 3 heteroatoms. The number of nitrogens with one attached hydrogen (secondary N) is 1. The number of aryl methyl sites for hydroxylation is 1. The van der Waals surface area contributed by atoms with Crippen molar-refractivity contribution in [3.8, 4) is 0 Å². The molecular weight excluding hydrogens is 263 g/mol. The smallest absolute Gasteiger partial charge is 0.123 e. The first-order valence-corrected chi connectivity index (χ1v) is 8.09. The van der Waals surface area contributed by atoms with Gasteiger partial charge >= 0.3 is 0 Å². The van der Waals surface area contributed by atoms with Crippen molar-refractivity contribution in [3.63, 3.8) is 0 Å². The maximum absolute atomic E-state index is 13.8. The summed E-state index contributed by atoms with van der Waals surface area (Å²) in [4.78, 5) is 2.30. The van der Waals surface area contributed by atoms with Gasteiger partial charge in [0.1, 0.15) is 5.82 Å². The SMILES string of the molecule is CCCNC(c1cc(F)ccc1C)C(CC)(CC)N(C)C. The summed E-state index contributed by atoms with van der Waals surface area (Å²) in [5, 5.41) is 3.67. The molecule has 0 aliphatic heterocycles. The van der Waals surface area contributed by atoms with Crippen molar-refractivity contribution >= 4 is 0 Å². The molecule has 0 aromatic heterocycles. The topological polar surface area (TPSA) is 15.3 Å². The number of nitrogens with zero attached hydrogens (tertiary/aromatic N) is 1. The lowest BCUT2D eigenvalue weighted by atomic mass is 9.78. The van der Waals surface area contributed by atoms with Crippen molar-refractivity contribution in [2.45, 2.75) is 58.5 Å². The normalized spacial score (nSPS) is 13.7. The minimum Gasteiger partial charge on any atom is -0.308 e. The predicted molar refractivity (Wildman–Crippen MR) is 89.2 cm³/mol. The molecule has 0 spiro atoms. The van der Waals surface area contributed by atoms with Crippen LogP contribution in [-0.4, -0.2) is 31.1 Å². The van der Waals surface area contributed by atoms with Gasteiger partial charge in [-0.3, -0.25) is 0 Å². The zero-order valence-corrected chi connectivity index (χ0v) is 14.5. The second kappa shape index (κ2) is 7.90. The largest absolute Gasteiger partial charge is 0.308 e. The average molecular weight is 294 g/mol. The molecule has 1 aromatic rings. The number of hydrogen-bond acceptors (Lipinski definition) is 2. The molecular formula is C18H31FN2. The molecule has 0 amide bonds. The third-order valence-electron chi connectivity index (χ3n) is 4.80. The molecule has 0 aliphatic rings. The summed E-state index contributed by atoms with van der Waals surface area (Å²) in [6.45, 7) is 9.62. The zero-order chi connectivity index (χ0) is 16.0. The van der Waals surface area contributed by atoms with Crippen LogP contribution in [0, 0.1) is 12.7 Å². The lowest BCUT2D eigenvalue weighted by molar-refractivity contribution is 0.0877. The molecule has 0 aliphatic carbocycles. The van der Waals surface area contributed by atoms with Gasteiger partial charge in [-0.1, -0.05) is 26.8 Å². The molecule has 21 heavy (non-hydrogen) atoms. The molecule has 1 unspecified atom stereocenters. The summed E-state index contributed by atoms with van der Waals surface area (Å²) in [6.07, 6.45) is 3.11. The summed E-state index contributed by atoms with van der Waals surface area (Å²) >= 11 is 0.